The van der Waals surface area contributed by atoms with E-state index in [1.54, 1.807) is 0 Å². The van der Waals surface area contributed by atoms with Crippen molar-refractivity contribution in [3.05, 3.63) is 46.2 Å². The molecule has 0 fully saturated rings. The fourth-order valence-corrected chi connectivity index (χ4v) is 2.96. The quantitative estimate of drug-likeness (QED) is 0.935. The topological polar surface area (TPSA) is 29.9 Å². The van der Waals surface area contributed by atoms with Gasteiger partial charge in [-0.1, -0.05) is 22.0 Å². The second-order valence-electron chi connectivity index (χ2n) is 4.66. The third-order valence-electron chi connectivity index (χ3n) is 3.48. The van der Waals surface area contributed by atoms with Gasteiger partial charge in [0.05, 0.1) is 17.9 Å². The molecule has 1 unspecified atom stereocenters. The monoisotopic (exact) mass is 305 g/mol. The maximum Gasteiger partial charge on any atom is 0.0731 e. The second kappa shape index (κ2) is 4.76. The lowest BCUT2D eigenvalue weighted by atomic mass is 10.1. The van der Waals surface area contributed by atoms with E-state index in [0.29, 0.717) is 6.04 Å². The van der Waals surface area contributed by atoms with Crippen LogP contribution >= 0.6 is 15.9 Å². The number of aromatic nitrogens is 2. The summed E-state index contributed by atoms with van der Waals surface area (Å²) in [5, 5.41) is 7.87. The van der Waals surface area contributed by atoms with E-state index in [4.69, 9.17) is 0 Å². The van der Waals surface area contributed by atoms with Gasteiger partial charge in [-0.25, -0.2) is 0 Å². The molecule has 1 aromatic carbocycles. The van der Waals surface area contributed by atoms with Gasteiger partial charge in [0.1, 0.15) is 0 Å². The summed E-state index contributed by atoms with van der Waals surface area (Å²) in [5.74, 6) is 0. The summed E-state index contributed by atoms with van der Waals surface area (Å²) in [4.78, 5) is 0. The molecule has 3 nitrogen and oxygen atoms in total. The fourth-order valence-electron chi connectivity index (χ4n) is 2.55. The van der Waals surface area contributed by atoms with Gasteiger partial charge in [0, 0.05) is 17.2 Å². The largest absolute Gasteiger partial charge is 0.376 e. The Hall–Kier alpha value is -1.29. The molecular weight excluding hydrogens is 290 g/mol. The minimum Gasteiger partial charge on any atom is -0.376 e. The van der Waals surface area contributed by atoms with E-state index in [1.165, 1.54) is 15.6 Å². The highest BCUT2D eigenvalue weighted by molar-refractivity contribution is 9.10. The molecule has 1 atom stereocenters. The number of nitrogens with zero attached hydrogens (tertiary/aromatic N) is 2. The van der Waals surface area contributed by atoms with Crippen molar-refractivity contribution in [2.45, 2.75) is 32.4 Å². The number of hydrogen-bond acceptors (Lipinski definition) is 2. The number of benzene rings is 1. The molecule has 18 heavy (non-hydrogen) atoms. The van der Waals surface area contributed by atoms with Crippen molar-refractivity contribution in [2.75, 3.05) is 5.32 Å². The lowest BCUT2D eigenvalue weighted by molar-refractivity contribution is 0.659. The molecule has 94 valence electrons. The Balaban J connectivity index is 1.80. The van der Waals surface area contributed by atoms with Crippen LogP contribution in [0.25, 0.3) is 0 Å². The van der Waals surface area contributed by atoms with Crippen LogP contribution in [0.4, 0.5) is 5.69 Å². The van der Waals surface area contributed by atoms with Crippen molar-refractivity contribution in [1.82, 2.24) is 9.78 Å². The molecule has 1 aromatic heterocycles. The maximum absolute atomic E-state index is 4.29. The molecule has 1 aliphatic rings. The van der Waals surface area contributed by atoms with Gasteiger partial charge in [-0.3, -0.25) is 4.68 Å². The van der Waals surface area contributed by atoms with Crippen LogP contribution in [0.3, 0.4) is 0 Å². The number of hydrogen-bond donors (Lipinski definition) is 1. The molecule has 2 aromatic rings. The number of anilines is 1. The molecule has 1 aliphatic carbocycles. The summed E-state index contributed by atoms with van der Waals surface area (Å²) in [6.07, 6.45) is 6.27. The summed E-state index contributed by atoms with van der Waals surface area (Å²) in [5.41, 5.74) is 3.98. The van der Waals surface area contributed by atoms with Crippen LogP contribution in [-0.4, -0.2) is 9.78 Å². The van der Waals surface area contributed by atoms with Gasteiger partial charge in [0.15, 0.2) is 0 Å². The maximum atomic E-state index is 4.29. The van der Waals surface area contributed by atoms with Gasteiger partial charge in [-0.05, 0) is 43.0 Å². The summed E-state index contributed by atoms with van der Waals surface area (Å²) in [6, 6.07) is 6.98. The lowest BCUT2D eigenvalue weighted by Gasteiger charge is -2.13. The molecule has 1 N–H and O–H groups in total. The average Bonchev–Trinajstić information content (AvgIpc) is 2.97. The lowest BCUT2D eigenvalue weighted by Crippen LogP contribution is -2.06. The van der Waals surface area contributed by atoms with Gasteiger partial charge in [0.2, 0.25) is 0 Å². The standard InChI is InChI=1S/C14H16BrN3/c1-2-18-9-12(8-16-18)17-14-6-3-10-7-11(15)4-5-13(10)14/h4-5,7-9,14,17H,2-3,6H2,1H3. The van der Waals surface area contributed by atoms with Gasteiger partial charge in [0.25, 0.3) is 0 Å². The van der Waals surface area contributed by atoms with Gasteiger partial charge < -0.3 is 5.32 Å². The smallest absolute Gasteiger partial charge is 0.0731 e. The zero-order chi connectivity index (χ0) is 12.5. The van der Waals surface area contributed by atoms with E-state index in [2.05, 4.69) is 57.7 Å². The molecule has 3 rings (SSSR count). The third kappa shape index (κ3) is 2.17. The summed E-state index contributed by atoms with van der Waals surface area (Å²) in [6.45, 7) is 3.01. The number of nitrogens with one attached hydrogen (secondary N) is 1. The van der Waals surface area contributed by atoms with Crippen LogP contribution in [0, 0.1) is 0 Å². The van der Waals surface area contributed by atoms with Crippen molar-refractivity contribution in [1.29, 1.82) is 0 Å². The summed E-state index contributed by atoms with van der Waals surface area (Å²) >= 11 is 3.53. The first kappa shape index (κ1) is 11.8. The van der Waals surface area contributed by atoms with Crippen LogP contribution in [0.15, 0.2) is 35.1 Å². The molecule has 0 bridgehead atoms. The normalized spacial score (nSPS) is 17.8. The predicted molar refractivity (Wildman–Crippen MR) is 76.7 cm³/mol. The zero-order valence-electron chi connectivity index (χ0n) is 10.4. The summed E-state index contributed by atoms with van der Waals surface area (Å²) < 4.78 is 3.11. The number of aryl methyl sites for hydroxylation is 2. The van der Waals surface area contributed by atoms with Crippen molar-refractivity contribution in [3.8, 4) is 0 Å². The van der Waals surface area contributed by atoms with Gasteiger partial charge >= 0.3 is 0 Å². The molecular formula is C14H16BrN3. The Bertz CT molecular complexity index is 562. The van der Waals surface area contributed by atoms with Crippen LogP contribution < -0.4 is 5.32 Å². The Morgan fingerprint density at radius 2 is 2.39 bits per heavy atom. The Morgan fingerprint density at radius 3 is 3.17 bits per heavy atom. The highest BCUT2D eigenvalue weighted by Crippen LogP contribution is 2.35. The number of rotatable bonds is 3. The first-order chi connectivity index (χ1) is 8.76. The SMILES string of the molecule is CCn1cc(NC2CCc3cc(Br)ccc32)cn1. The fraction of sp³-hybridized carbons (Fsp3) is 0.357. The summed E-state index contributed by atoms with van der Waals surface area (Å²) in [7, 11) is 0. The molecule has 0 aliphatic heterocycles. The van der Waals surface area contributed by atoms with Crippen molar-refractivity contribution < 1.29 is 0 Å². The van der Waals surface area contributed by atoms with Gasteiger partial charge in [-0.2, -0.15) is 5.10 Å². The molecule has 0 amide bonds. The van der Waals surface area contributed by atoms with Crippen molar-refractivity contribution in [3.63, 3.8) is 0 Å². The average molecular weight is 306 g/mol. The predicted octanol–water partition coefficient (Wildman–Crippen LogP) is 3.76. The van der Waals surface area contributed by atoms with E-state index < -0.39 is 0 Å². The van der Waals surface area contributed by atoms with Crippen LogP contribution in [0.2, 0.25) is 0 Å². The molecule has 4 heteroatoms. The van der Waals surface area contributed by atoms with E-state index in [1.807, 2.05) is 10.9 Å². The van der Waals surface area contributed by atoms with Crippen molar-refractivity contribution >= 4 is 21.6 Å². The van der Waals surface area contributed by atoms with Gasteiger partial charge in [-0.15, -0.1) is 0 Å². The molecule has 0 spiro atoms. The van der Waals surface area contributed by atoms with Crippen LogP contribution in [0.1, 0.15) is 30.5 Å². The number of halogens is 1. The highest BCUT2D eigenvalue weighted by Gasteiger charge is 2.22. The number of fused-ring (bicyclic) bond motifs is 1. The highest BCUT2D eigenvalue weighted by atomic mass is 79.9. The Kier molecular flexibility index (Phi) is 3.12. The Morgan fingerprint density at radius 1 is 1.50 bits per heavy atom. The first-order valence-electron chi connectivity index (χ1n) is 6.33. The molecule has 0 saturated heterocycles. The van der Waals surface area contributed by atoms with E-state index in [0.717, 1.165) is 25.1 Å². The first-order valence-corrected chi connectivity index (χ1v) is 7.13. The third-order valence-corrected chi connectivity index (χ3v) is 3.97. The van der Waals surface area contributed by atoms with E-state index >= 15 is 0 Å². The minimum atomic E-state index is 0.419. The molecule has 0 saturated carbocycles. The van der Waals surface area contributed by atoms with Crippen LogP contribution in [-0.2, 0) is 13.0 Å². The molecule has 1 heterocycles. The van der Waals surface area contributed by atoms with Crippen LogP contribution in [0.5, 0.6) is 0 Å². The molecule has 0 radical (unpaired) electrons. The zero-order valence-corrected chi connectivity index (χ0v) is 11.9. The minimum absolute atomic E-state index is 0.419. The van der Waals surface area contributed by atoms with E-state index in [9.17, 15) is 0 Å². The second-order valence-corrected chi connectivity index (χ2v) is 5.58. The van der Waals surface area contributed by atoms with Crippen molar-refractivity contribution in [2.24, 2.45) is 0 Å². The van der Waals surface area contributed by atoms with E-state index in [-0.39, 0.29) is 0 Å². The Labute approximate surface area is 115 Å².